The Kier molecular flexibility index (Phi) is 3.43. The van der Waals surface area contributed by atoms with Crippen LogP contribution in [0.1, 0.15) is 48.9 Å². The Morgan fingerprint density at radius 1 is 1.13 bits per heavy atom. The Hall–Kier alpha value is -2.17. The van der Waals surface area contributed by atoms with Crippen LogP contribution in [0.25, 0.3) is 10.9 Å². The summed E-state index contributed by atoms with van der Waals surface area (Å²) in [7, 11) is 0. The van der Waals surface area contributed by atoms with E-state index in [-0.39, 0.29) is 5.91 Å². The van der Waals surface area contributed by atoms with Crippen molar-refractivity contribution in [3.63, 3.8) is 0 Å². The molecule has 2 fully saturated rings. The van der Waals surface area contributed by atoms with E-state index in [4.69, 9.17) is 5.73 Å². The maximum absolute atomic E-state index is 12.9. The second kappa shape index (κ2) is 5.48. The van der Waals surface area contributed by atoms with E-state index in [1.54, 1.807) is 0 Å². The van der Waals surface area contributed by atoms with E-state index in [2.05, 4.69) is 9.97 Å². The van der Waals surface area contributed by atoms with Gasteiger partial charge in [0.25, 0.3) is 5.91 Å². The molecule has 4 rings (SSSR count). The lowest BCUT2D eigenvalue weighted by atomic mass is 9.73. The number of carbonyl (C=O) groups excluding carboxylic acids is 1. The maximum atomic E-state index is 12.9. The van der Waals surface area contributed by atoms with Gasteiger partial charge in [-0.2, -0.15) is 0 Å². The third-order valence-corrected chi connectivity index (χ3v) is 5.55. The van der Waals surface area contributed by atoms with Gasteiger partial charge < -0.3 is 10.6 Å². The van der Waals surface area contributed by atoms with Crippen LogP contribution < -0.4 is 5.73 Å². The molecule has 1 saturated heterocycles. The first-order chi connectivity index (χ1) is 11.2. The number of hydrogen-bond donors (Lipinski definition) is 1. The number of nitrogen functional groups attached to an aromatic ring is 1. The van der Waals surface area contributed by atoms with Crippen molar-refractivity contribution in [2.75, 3.05) is 18.8 Å². The van der Waals surface area contributed by atoms with Gasteiger partial charge in [-0.15, -0.1) is 0 Å². The third kappa shape index (κ3) is 2.54. The van der Waals surface area contributed by atoms with Crippen LogP contribution in [0.4, 0.5) is 5.82 Å². The van der Waals surface area contributed by atoms with Crippen molar-refractivity contribution in [1.82, 2.24) is 14.9 Å². The molecule has 5 nitrogen and oxygen atoms in total. The molecule has 1 spiro atoms. The highest BCUT2D eigenvalue weighted by atomic mass is 16.2. The summed E-state index contributed by atoms with van der Waals surface area (Å²) in [5, 5.41) is 0.800. The second-order valence-electron chi connectivity index (χ2n) is 7.03. The highest BCUT2D eigenvalue weighted by Crippen LogP contribution is 2.44. The maximum Gasteiger partial charge on any atom is 0.253 e. The number of nitrogens with two attached hydrogens (primary N) is 1. The van der Waals surface area contributed by atoms with E-state index in [1.165, 1.54) is 38.4 Å². The van der Waals surface area contributed by atoms with Gasteiger partial charge in [0.1, 0.15) is 12.1 Å². The quantitative estimate of drug-likeness (QED) is 0.879. The fourth-order valence-electron chi connectivity index (χ4n) is 4.21. The molecule has 2 aromatic rings. The third-order valence-electron chi connectivity index (χ3n) is 5.55. The molecule has 1 aromatic heterocycles. The first-order valence-corrected chi connectivity index (χ1v) is 8.46. The van der Waals surface area contributed by atoms with Crippen LogP contribution in [0.3, 0.4) is 0 Å². The first-order valence-electron chi connectivity index (χ1n) is 8.46. The summed E-state index contributed by atoms with van der Waals surface area (Å²) in [6.45, 7) is 1.79. The van der Waals surface area contributed by atoms with Crippen LogP contribution in [-0.4, -0.2) is 33.9 Å². The molecule has 0 atom stereocenters. The number of rotatable bonds is 1. The van der Waals surface area contributed by atoms with Crippen LogP contribution in [0, 0.1) is 5.41 Å². The molecule has 0 unspecified atom stereocenters. The monoisotopic (exact) mass is 310 g/mol. The Bertz CT molecular complexity index is 752. The van der Waals surface area contributed by atoms with Gasteiger partial charge in [0.05, 0.1) is 5.52 Å². The van der Waals surface area contributed by atoms with Gasteiger partial charge >= 0.3 is 0 Å². The summed E-state index contributed by atoms with van der Waals surface area (Å²) in [5.41, 5.74) is 7.67. The minimum absolute atomic E-state index is 0.117. The number of hydrogen-bond acceptors (Lipinski definition) is 4. The molecule has 1 amide bonds. The Morgan fingerprint density at radius 3 is 2.78 bits per heavy atom. The predicted octanol–water partition coefficient (Wildman–Crippen LogP) is 3.01. The standard InChI is InChI=1S/C18H22N4O/c19-16-14-5-4-13(10-15(14)20-12-21-16)17(23)22-9-8-18(11-22)6-2-1-3-7-18/h4-5,10,12H,1-3,6-9,11H2,(H2,19,20,21). The molecule has 0 radical (unpaired) electrons. The van der Waals surface area contributed by atoms with E-state index in [0.717, 1.165) is 30.4 Å². The predicted molar refractivity (Wildman–Crippen MR) is 90.0 cm³/mol. The molecule has 120 valence electrons. The van der Waals surface area contributed by atoms with Gasteiger partial charge in [-0.1, -0.05) is 19.3 Å². The number of aromatic nitrogens is 2. The lowest BCUT2D eigenvalue weighted by Gasteiger charge is -2.33. The van der Waals surface area contributed by atoms with Gasteiger partial charge in [0.15, 0.2) is 0 Å². The van der Waals surface area contributed by atoms with Gasteiger partial charge in [0.2, 0.25) is 0 Å². The van der Waals surface area contributed by atoms with Gasteiger partial charge in [-0.25, -0.2) is 9.97 Å². The molecule has 1 saturated carbocycles. The molecular weight excluding hydrogens is 288 g/mol. The van der Waals surface area contributed by atoms with Crippen LogP contribution in [0.2, 0.25) is 0 Å². The molecule has 0 bridgehead atoms. The summed E-state index contributed by atoms with van der Waals surface area (Å²) in [4.78, 5) is 23.1. The SMILES string of the molecule is Nc1ncnc2cc(C(=O)N3CCC4(CCCCC4)C3)ccc12. The molecule has 23 heavy (non-hydrogen) atoms. The van der Waals surface area contributed by atoms with Crippen molar-refractivity contribution in [1.29, 1.82) is 0 Å². The van der Waals surface area contributed by atoms with Crippen molar-refractivity contribution in [3.8, 4) is 0 Å². The summed E-state index contributed by atoms with van der Waals surface area (Å²) in [5.74, 6) is 0.572. The number of amides is 1. The van der Waals surface area contributed by atoms with Crippen molar-refractivity contribution in [3.05, 3.63) is 30.1 Å². The number of carbonyl (C=O) groups is 1. The zero-order valence-corrected chi connectivity index (χ0v) is 13.3. The van der Waals surface area contributed by atoms with Crippen molar-refractivity contribution < 1.29 is 4.79 Å². The molecule has 1 aliphatic carbocycles. The summed E-state index contributed by atoms with van der Waals surface area (Å²) < 4.78 is 0. The highest BCUT2D eigenvalue weighted by Gasteiger charge is 2.40. The molecule has 1 aliphatic heterocycles. The molecule has 2 aliphatic rings. The smallest absolute Gasteiger partial charge is 0.253 e. The Morgan fingerprint density at radius 2 is 1.96 bits per heavy atom. The van der Waals surface area contributed by atoms with E-state index in [0.29, 0.717) is 16.8 Å². The average Bonchev–Trinajstić information content (AvgIpc) is 2.98. The van der Waals surface area contributed by atoms with Crippen LogP contribution in [0.5, 0.6) is 0 Å². The number of anilines is 1. The van der Waals surface area contributed by atoms with Crippen LogP contribution in [-0.2, 0) is 0 Å². The molecule has 5 heteroatoms. The lowest BCUT2D eigenvalue weighted by molar-refractivity contribution is 0.0759. The zero-order chi connectivity index (χ0) is 15.9. The van der Waals surface area contributed by atoms with Crippen molar-refractivity contribution in [2.45, 2.75) is 38.5 Å². The largest absolute Gasteiger partial charge is 0.383 e. The fourth-order valence-corrected chi connectivity index (χ4v) is 4.21. The minimum Gasteiger partial charge on any atom is -0.383 e. The van der Waals surface area contributed by atoms with E-state index < -0.39 is 0 Å². The van der Waals surface area contributed by atoms with Crippen LogP contribution >= 0.6 is 0 Å². The number of nitrogens with zero attached hydrogens (tertiary/aromatic N) is 3. The normalized spacial score (nSPS) is 20.3. The molecule has 2 N–H and O–H groups in total. The minimum atomic E-state index is 0.117. The number of likely N-dealkylation sites (tertiary alicyclic amines) is 1. The average molecular weight is 310 g/mol. The summed E-state index contributed by atoms with van der Waals surface area (Å²) in [6, 6.07) is 5.53. The number of benzene rings is 1. The summed E-state index contributed by atoms with van der Waals surface area (Å²) >= 11 is 0. The molecule has 1 aromatic carbocycles. The fraction of sp³-hybridized carbons (Fsp3) is 0.500. The van der Waals surface area contributed by atoms with Crippen molar-refractivity contribution >= 4 is 22.6 Å². The van der Waals surface area contributed by atoms with Gasteiger partial charge in [-0.05, 0) is 42.9 Å². The summed E-state index contributed by atoms with van der Waals surface area (Å²) in [6.07, 6.45) is 9.13. The number of fused-ring (bicyclic) bond motifs is 1. The molecular formula is C18H22N4O. The topological polar surface area (TPSA) is 72.1 Å². The lowest BCUT2D eigenvalue weighted by Crippen LogP contribution is -2.33. The zero-order valence-electron chi connectivity index (χ0n) is 13.3. The highest BCUT2D eigenvalue weighted by molar-refractivity contribution is 5.99. The Labute approximate surface area is 135 Å². The Balaban J connectivity index is 1.57. The van der Waals surface area contributed by atoms with Gasteiger partial charge in [-0.3, -0.25) is 4.79 Å². The van der Waals surface area contributed by atoms with Crippen LogP contribution in [0.15, 0.2) is 24.5 Å². The van der Waals surface area contributed by atoms with E-state index >= 15 is 0 Å². The van der Waals surface area contributed by atoms with Gasteiger partial charge in [0, 0.05) is 24.0 Å². The van der Waals surface area contributed by atoms with Crippen molar-refractivity contribution in [2.24, 2.45) is 5.41 Å². The van der Waals surface area contributed by atoms with E-state index in [9.17, 15) is 4.79 Å². The molecule has 2 heterocycles. The first kappa shape index (κ1) is 14.4. The second-order valence-corrected chi connectivity index (χ2v) is 7.03. The van der Waals surface area contributed by atoms with E-state index in [1.807, 2.05) is 23.1 Å².